The molecule has 1 heterocycles. The Morgan fingerprint density at radius 1 is 1.05 bits per heavy atom. The number of quaternary nitrogens is 1. The Labute approximate surface area is 125 Å². The van der Waals surface area contributed by atoms with E-state index in [-0.39, 0.29) is 11.9 Å². The van der Waals surface area contributed by atoms with Gasteiger partial charge in [0.25, 0.3) is 5.91 Å². The van der Waals surface area contributed by atoms with E-state index in [4.69, 9.17) is 0 Å². The summed E-state index contributed by atoms with van der Waals surface area (Å²) in [5.74, 6) is 0.136. The summed E-state index contributed by atoms with van der Waals surface area (Å²) in [6.45, 7) is 2.77. The summed E-state index contributed by atoms with van der Waals surface area (Å²) in [4.78, 5) is 16.3. The average molecular weight is 281 g/mol. The fourth-order valence-electron chi connectivity index (χ4n) is 2.97. The molecule has 0 radical (unpaired) electrons. The van der Waals surface area contributed by atoms with Crippen LogP contribution in [0.5, 0.6) is 0 Å². The number of likely N-dealkylation sites (N-methyl/N-ethyl adjacent to an activating group) is 1. The molecule has 1 amide bonds. The number of nitrogens with one attached hydrogen (secondary N) is 1. The van der Waals surface area contributed by atoms with Crippen LogP contribution in [-0.4, -0.2) is 37.5 Å². The number of amides is 1. The molecule has 108 valence electrons. The van der Waals surface area contributed by atoms with Gasteiger partial charge < -0.3 is 9.80 Å². The molecular weight excluding hydrogens is 260 g/mol. The third-order valence-corrected chi connectivity index (χ3v) is 4.16. The summed E-state index contributed by atoms with van der Waals surface area (Å²) < 4.78 is 0. The molecule has 3 rings (SSSR count). The number of hydrogen-bond donors (Lipinski definition) is 1. The largest absolute Gasteiger partial charge is 0.334 e. The molecule has 1 aliphatic rings. The van der Waals surface area contributed by atoms with Gasteiger partial charge in [-0.3, -0.25) is 4.79 Å². The monoisotopic (exact) mass is 281 g/mol. The second-order valence-electron chi connectivity index (χ2n) is 5.70. The second-order valence-corrected chi connectivity index (χ2v) is 5.70. The summed E-state index contributed by atoms with van der Waals surface area (Å²) in [7, 11) is 2.19. The first-order chi connectivity index (χ1) is 10.3. The van der Waals surface area contributed by atoms with Crippen molar-refractivity contribution in [2.75, 3.05) is 26.7 Å². The Hall–Kier alpha value is -2.13. The van der Waals surface area contributed by atoms with Crippen molar-refractivity contribution in [2.24, 2.45) is 0 Å². The van der Waals surface area contributed by atoms with Gasteiger partial charge >= 0.3 is 0 Å². The van der Waals surface area contributed by atoms with Gasteiger partial charge in [-0.1, -0.05) is 48.5 Å². The van der Waals surface area contributed by atoms with Gasteiger partial charge in [-0.2, -0.15) is 0 Å². The van der Waals surface area contributed by atoms with Crippen LogP contribution in [0.4, 0.5) is 0 Å². The molecule has 2 aromatic rings. The molecule has 0 spiro atoms. The third kappa shape index (κ3) is 2.98. The maximum absolute atomic E-state index is 12.8. The van der Waals surface area contributed by atoms with Gasteiger partial charge in [0.05, 0.1) is 20.1 Å². The maximum Gasteiger partial charge on any atom is 0.254 e. The zero-order valence-electron chi connectivity index (χ0n) is 12.3. The Bertz CT molecular complexity index is 597. The molecule has 0 aromatic heterocycles. The van der Waals surface area contributed by atoms with Gasteiger partial charge in [-0.15, -0.1) is 0 Å². The SMILES string of the molecule is C[NH+]1CCN(C(=O)c2ccccc2)[C@@H](c2ccccc2)C1. The predicted octanol–water partition coefficient (Wildman–Crippen LogP) is 1.40. The maximum atomic E-state index is 12.8. The van der Waals surface area contributed by atoms with Crippen LogP contribution in [0.15, 0.2) is 60.7 Å². The predicted molar refractivity (Wildman–Crippen MR) is 83.3 cm³/mol. The second kappa shape index (κ2) is 6.10. The molecular formula is C18H21N2O+. The Kier molecular flexibility index (Phi) is 4.02. The van der Waals surface area contributed by atoms with Crippen molar-refractivity contribution in [3.05, 3.63) is 71.8 Å². The number of rotatable bonds is 2. The van der Waals surface area contributed by atoms with Crippen LogP contribution in [0.25, 0.3) is 0 Å². The highest BCUT2D eigenvalue weighted by atomic mass is 16.2. The number of carbonyl (C=O) groups excluding carboxylic acids is 1. The standard InChI is InChI=1S/C18H20N2O/c1-19-12-13-20(18(21)16-10-6-3-7-11-16)17(14-19)15-8-4-2-5-9-15/h2-11,17H,12-14H2,1H3/p+1/t17-/m1/s1. The third-order valence-electron chi connectivity index (χ3n) is 4.16. The fourth-order valence-corrected chi connectivity index (χ4v) is 2.97. The van der Waals surface area contributed by atoms with Gasteiger partial charge in [0.2, 0.25) is 0 Å². The van der Waals surface area contributed by atoms with Crippen molar-refractivity contribution in [1.29, 1.82) is 0 Å². The van der Waals surface area contributed by atoms with Crippen molar-refractivity contribution < 1.29 is 9.69 Å². The molecule has 1 N–H and O–H groups in total. The van der Waals surface area contributed by atoms with Gasteiger partial charge in [0, 0.05) is 5.56 Å². The number of nitrogens with zero attached hydrogens (tertiary/aromatic N) is 1. The summed E-state index contributed by atoms with van der Waals surface area (Å²) in [6.07, 6.45) is 0. The van der Waals surface area contributed by atoms with Gasteiger partial charge in [-0.25, -0.2) is 0 Å². The van der Waals surface area contributed by atoms with Gasteiger partial charge in [0.15, 0.2) is 0 Å². The lowest BCUT2D eigenvalue weighted by molar-refractivity contribution is -0.887. The van der Waals surface area contributed by atoms with E-state index in [2.05, 4.69) is 19.2 Å². The van der Waals surface area contributed by atoms with Gasteiger partial charge in [0.1, 0.15) is 12.6 Å². The van der Waals surface area contributed by atoms with Crippen LogP contribution in [0, 0.1) is 0 Å². The van der Waals surface area contributed by atoms with E-state index in [9.17, 15) is 4.79 Å². The Balaban J connectivity index is 1.90. The van der Waals surface area contributed by atoms with Crippen LogP contribution in [0.1, 0.15) is 22.0 Å². The lowest BCUT2D eigenvalue weighted by Crippen LogP contribution is -3.12. The molecule has 1 unspecified atom stereocenters. The first kappa shape index (κ1) is 13.8. The highest BCUT2D eigenvalue weighted by molar-refractivity contribution is 5.94. The fraction of sp³-hybridized carbons (Fsp3) is 0.278. The molecule has 2 atom stereocenters. The number of carbonyl (C=O) groups is 1. The van der Waals surface area contributed by atoms with E-state index < -0.39 is 0 Å². The topological polar surface area (TPSA) is 24.8 Å². The van der Waals surface area contributed by atoms with Crippen molar-refractivity contribution in [1.82, 2.24) is 4.90 Å². The van der Waals surface area contributed by atoms with Crippen molar-refractivity contribution in [3.63, 3.8) is 0 Å². The summed E-state index contributed by atoms with van der Waals surface area (Å²) in [6, 6.07) is 20.1. The van der Waals surface area contributed by atoms with E-state index in [0.717, 1.165) is 25.2 Å². The Morgan fingerprint density at radius 2 is 1.67 bits per heavy atom. The number of hydrogen-bond acceptors (Lipinski definition) is 1. The molecule has 1 saturated heterocycles. The van der Waals surface area contributed by atoms with Crippen LogP contribution in [-0.2, 0) is 0 Å². The smallest absolute Gasteiger partial charge is 0.254 e. The normalized spacial score (nSPS) is 22.0. The van der Waals surface area contributed by atoms with Crippen LogP contribution in [0.3, 0.4) is 0 Å². The molecule has 1 aliphatic heterocycles. The van der Waals surface area contributed by atoms with Crippen molar-refractivity contribution in [3.8, 4) is 0 Å². The van der Waals surface area contributed by atoms with Gasteiger partial charge in [-0.05, 0) is 17.7 Å². The minimum absolute atomic E-state index is 0.136. The highest BCUT2D eigenvalue weighted by Crippen LogP contribution is 2.22. The van der Waals surface area contributed by atoms with Crippen LogP contribution >= 0.6 is 0 Å². The van der Waals surface area contributed by atoms with E-state index in [1.165, 1.54) is 10.5 Å². The molecule has 1 fully saturated rings. The zero-order valence-corrected chi connectivity index (χ0v) is 12.3. The Morgan fingerprint density at radius 3 is 2.33 bits per heavy atom. The van der Waals surface area contributed by atoms with Crippen LogP contribution < -0.4 is 4.90 Å². The molecule has 21 heavy (non-hydrogen) atoms. The molecule has 3 heteroatoms. The molecule has 2 aromatic carbocycles. The minimum atomic E-state index is 0.136. The summed E-state index contributed by atoms with van der Waals surface area (Å²) >= 11 is 0. The first-order valence-corrected chi connectivity index (χ1v) is 7.48. The highest BCUT2D eigenvalue weighted by Gasteiger charge is 2.32. The lowest BCUT2D eigenvalue weighted by Gasteiger charge is -2.38. The van der Waals surface area contributed by atoms with E-state index >= 15 is 0 Å². The minimum Gasteiger partial charge on any atom is -0.334 e. The summed E-state index contributed by atoms with van der Waals surface area (Å²) in [5.41, 5.74) is 2.00. The van der Waals surface area contributed by atoms with E-state index in [1.54, 1.807) is 0 Å². The van der Waals surface area contributed by atoms with Crippen molar-refractivity contribution in [2.45, 2.75) is 6.04 Å². The molecule has 3 nitrogen and oxygen atoms in total. The molecule has 0 aliphatic carbocycles. The average Bonchev–Trinajstić information content (AvgIpc) is 2.56. The first-order valence-electron chi connectivity index (χ1n) is 7.48. The molecule has 0 bridgehead atoms. The number of piperazine rings is 1. The summed E-state index contributed by atoms with van der Waals surface area (Å²) in [5, 5.41) is 0. The quantitative estimate of drug-likeness (QED) is 0.884. The zero-order chi connectivity index (χ0) is 14.7. The lowest BCUT2D eigenvalue weighted by atomic mass is 10.0. The number of benzene rings is 2. The van der Waals surface area contributed by atoms with E-state index in [0.29, 0.717) is 0 Å². The van der Waals surface area contributed by atoms with E-state index in [1.807, 2.05) is 53.4 Å². The molecule has 0 saturated carbocycles. The van der Waals surface area contributed by atoms with Crippen molar-refractivity contribution >= 4 is 5.91 Å². The van der Waals surface area contributed by atoms with Crippen LogP contribution in [0.2, 0.25) is 0 Å².